The van der Waals surface area contributed by atoms with Crippen molar-refractivity contribution in [1.82, 2.24) is 5.32 Å². The first-order valence-corrected chi connectivity index (χ1v) is 7.24. The normalized spacial score (nSPS) is 13.3. The fourth-order valence-corrected chi connectivity index (χ4v) is 1.90. The van der Waals surface area contributed by atoms with Crippen LogP contribution in [0.15, 0.2) is 24.3 Å². The zero-order valence-corrected chi connectivity index (χ0v) is 14.1. The molecule has 0 spiro atoms. The number of nitrogens with one attached hydrogen (secondary N) is 1. The van der Waals surface area contributed by atoms with E-state index in [4.69, 9.17) is 9.84 Å². The topological polar surface area (TPSA) is 78.8 Å². The summed E-state index contributed by atoms with van der Waals surface area (Å²) in [6, 6.07) is 7.66. The molecule has 0 bridgehead atoms. The van der Waals surface area contributed by atoms with Crippen molar-refractivity contribution in [2.45, 2.75) is 45.3 Å². The molecule has 1 aromatic rings. The summed E-state index contributed by atoms with van der Waals surface area (Å²) in [5, 5.41) is 21.7. The fraction of sp³-hybridized carbons (Fsp3) is 0.562. The first kappa shape index (κ1) is 20.7. The minimum atomic E-state index is -0.802. The Hall–Kier alpha value is -1.30. The van der Waals surface area contributed by atoms with Gasteiger partial charge in [0.2, 0.25) is 0 Å². The molecule has 0 fully saturated rings. The Balaban J connectivity index is 0.00000441. The minimum Gasteiger partial charge on any atom is -0.491 e. The summed E-state index contributed by atoms with van der Waals surface area (Å²) >= 11 is 0. The summed E-state index contributed by atoms with van der Waals surface area (Å²) in [4.78, 5) is 10.7. The monoisotopic (exact) mass is 331 g/mol. The van der Waals surface area contributed by atoms with Gasteiger partial charge in [-0.3, -0.25) is 4.79 Å². The van der Waals surface area contributed by atoms with Crippen LogP contribution in [0.4, 0.5) is 0 Å². The van der Waals surface area contributed by atoms with Crippen LogP contribution in [0.2, 0.25) is 0 Å². The third-order valence-electron chi connectivity index (χ3n) is 3.13. The molecule has 22 heavy (non-hydrogen) atoms. The smallest absolute Gasteiger partial charge is 0.303 e. The van der Waals surface area contributed by atoms with E-state index >= 15 is 0 Å². The highest BCUT2D eigenvalue weighted by atomic mass is 35.5. The molecule has 6 heteroatoms. The number of benzene rings is 1. The van der Waals surface area contributed by atoms with E-state index in [0.717, 1.165) is 5.56 Å². The van der Waals surface area contributed by atoms with E-state index in [1.165, 1.54) is 0 Å². The van der Waals surface area contributed by atoms with Gasteiger partial charge in [-0.05, 0) is 23.6 Å². The molecule has 3 N–H and O–H groups in total. The molecule has 0 saturated carbocycles. The molecule has 0 radical (unpaired) electrons. The molecule has 0 heterocycles. The molecular weight excluding hydrogens is 306 g/mol. The van der Waals surface area contributed by atoms with Crippen LogP contribution in [0.25, 0.3) is 0 Å². The lowest BCUT2D eigenvalue weighted by atomic mass is 9.98. The Kier molecular flexibility index (Phi) is 9.81. The molecule has 2 atom stereocenters. The maximum atomic E-state index is 10.7. The number of aliphatic hydroxyl groups excluding tert-OH is 1. The number of halogens is 1. The maximum Gasteiger partial charge on any atom is 0.303 e. The van der Waals surface area contributed by atoms with Gasteiger partial charge >= 0.3 is 5.97 Å². The zero-order chi connectivity index (χ0) is 15.8. The van der Waals surface area contributed by atoms with E-state index in [1.807, 2.05) is 32.9 Å². The lowest BCUT2D eigenvalue weighted by Crippen LogP contribution is -2.35. The van der Waals surface area contributed by atoms with Crippen molar-refractivity contribution in [2.75, 3.05) is 13.2 Å². The van der Waals surface area contributed by atoms with Gasteiger partial charge in [0.1, 0.15) is 18.5 Å². The van der Waals surface area contributed by atoms with E-state index in [0.29, 0.717) is 18.3 Å². The molecule has 1 rings (SSSR count). The molecule has 0 aliphatic carbocycles. The predicted octanol–water partition coefficient (Wildman–Crippen LogP) is 2.42. The number of carbonyl (C=O) groups is 1. The number of hydrogen-bond donors (Lipinski definition) is 3. The molecule has 0 aromatic heterocycles. The second-order valence-corrected chi connectivity index (χ2v) is 5.60. The van der Waals surface area contributed by atoms with E-state index in [1.54, 1.807) is 12.1 Å². The van der Waals surface area contributed by atoms with Crippen molar-refractivity contribution >= 4 is 18.4 Å². The van der Waals surface area contributed by atoms with Crippen LogP contribution in [-0.2, 0) is 4.79 Å². The average molecular weight is 332 g/mol. The van der Waals surface area contributed by atoms with Gasteiger partial charge in [-0.1, -0.05) is 32.9 Å². The summed E-state index contributed by atoms with van der Waals surface area (Å²) in [6.07, 6.45) is -0.446. The third kappa shape index (κ3) is 8.22. The minimum absolute atomic E-state index is 0. The van der Waals surface area contributed by atoms with Crippen molar-refractivity contribution in [3.8, 4) is 5.75 Å². The molecule has 126 valence electrons. The van der Waals surface area contributed by atoms with E-state index in [2.05, 4.69) is 5.32 Å². The zero-order valence-electron chi connectivity index (χ0n) is 13.3. The van der Waals surface area contributed by atoms with Gasteiger partial charge in [0.05, 0.1) is 6.42 Å². The first-order valence-electron chi connectivity index (χ1n) is 7.24. The predicted molar refractivity (Wildman–Crippen MR) is 89.0 cm³/mol. The number of aliphatic hydroxyl groups is 1. The lowest BCUT2D eigenvalue weighted by molar-refractivity contribution is -0.137. The van der Waals surface area contributed by atoms with Crippen molar-refractivity contribution in [3.05, 3.63) is 29.8 Å². The van der Waals surface area contributed by atoms with Gasteiger partial charge in [0.25, 0.3) is 0 Å². The van der Waals surface area contributed by atoms with Crippen molar-refractivity contribution in [2.24, 2.45) is 0 Å². The van der Waals surface area contributed by atoms with Crippen LogP contribution in [0.1, 0.15) is 38.7 Å². The SMILES string of the molecule is CC(C)NCC(O)COc1ccc(C(C)CC(=O)O)cc1.Cl. The largest absolute Gasteiger partial charge is 0.491 e. The third-order valence-corrected chi connectivity index (χ3v) is 3.13. The van der Waals surface area contributed by atoms with Crippen molar-refractivity contribution in [3.63, 3.8) is 0 Å². The number of carboxylic acid groups (broad SMARTS) is 1. The summed E-state index contributed by atoms with van der Waals surface area (Å²) in [7, 11) is 0. The Labute approximate surface area is 138 Å². The van der Waals surface area contributed by atoms with Crippen molar-refractivity contribution < 1.29 is 19.7 Å². The van der Waals surface area contributed by atoms with Crippen LogP contribution < -0.4 is 10.1 Å². The molecule has 2 unspecified atom stereocenters. The van der Waals surface area contributed by atoms with Gasteiger partial charge in [0.15, 0.2) is 0 Å². The fourth-order valence-electron chi connectivity index (χ4n) is 1.90. The second kappa shape index (κ2) is 10.4. The highest BCUT2D eigenvalue weighted by molar-refractivity contribution is 5.85. The van der Waals surface area contributed by atoms with Crippen LogP contribution >= 0.6 is 12.4 Å². The first-order chi connectivity index (χ1) is 9.88. The second-order valence-electron chi connectivity index (χ2n) is 5.60. The molecule has 0 aliphatic heterocycles. The van der Waals surface area contributed by atoms with E-state index < -0.39 is 12.1 Å². The van der Waals surface area contributed by atoms with Gasteiger partial charge in [-0.2, -0.15) is 0 Å². The highest BCUT2D eigenvalue weighted by Gasteiger charge is 2.10. The number of hydrogen-bond acceptors (Lipinski definition) is 4. The quantitative estimate of drug-likeness (QED) is 0.647. The van der Waals surface area contributed by atoms with Gasteiger partial charge in [-0.25, -0.2) is 0 Å². The Morgan fingerprint density at radius 1 is 1.23 bits per heavy atom. The summed E-state index contributed by atoms with van der Waals surface area (Å²) in [6.45, 7) is 6.63. The number of aliphatic carboxylic acids is 1. The highest BCUT2D eigenvalue weighted by Crippen LogP contribution is 2.21. The number of ether oxygens (including phenoxy) is 1. The molecule has 5 nitrogen and oxygen atoms in total. The maximum absolute atomic E-state index is 10.7. The number of rotatable bonds is 9. The summed E-state index contributed by atoms with van der Waals surface area (Å²) in [5.74, 6) is -0.161. The summed E-state index contributed by atoms with van der Waals surface area (Å²) in [5.41, 5.74) is 0.965. The van der Waals surface area contributed by atoms with Crippen LogP contribution in [0.3, 0.4) is 0 Å². The van der Waals surface area contributed by atoms with E-state index in [9.17, 15) is 9.90 Å². The molecule has 1 aromatic carbocycles. The van der Waals surface area contributed by atoms with Crippen LogP contribution in [0, 0.1) is 0 Å². The standard InChI is InChI=1S/C16H25NO4.ClH/c1-11(2)17-9-14(18)10-21-15-6-4-13(5-7-15)12(3)8-16(19)20;/h4-7,11-12,14,17-18H,8-10H2,1-3H3,(H,19,20);1H. The van der Waals surface area contributed by atoms with Gasteiger partial charge < -0.3 is 20.3 Å². The molecule has 0 aliphatic rings. The Bertz CT molecular complexity index is 436. The Morgan fingerprint density at radius 3 is 2.32 bits per heavy atom. The van der Waals surface area contributed by atoms with Gasteiger partial charge in [0, 0.05) is 12.6 Å². The summed E-state index contributed by atoms with van der Waals surface area (Å²) < 4.78 is 5.51. The molecule has 0 saturated heterocycles. The lowest BCUT2D eigenvalue weighted by Gasteiger charge is -2.15. The Morgan fingerprint density at radius 2 is 1.82 bits per heavy atom. The number of carboxylic acids is 1. The molecular formula is C16H26ClNO4. The van der Waals surface area contributed by atoms with Crippen molar-refractivity contribution in [1.29, 1.82) is 0 Å². The van der Waals surface area contributed by atoms with E-state index in [-0.39, 0.29) is 31.4 Å². The van der Waals surface area contributed by atoms with Gasteiger partial charge in [-0.15, -0.1) is 12.4 Å². The van der Waals surface area contributed by atoms with Crippen LogP contribution in [0.5, 0.6) is 5.75 Å². The van der Waals surface area contributed by atoms with Crippen LogP contribution in [-0.4, -0.2) is 41.5 Å². The molecule has 0 amide bonds. The average Bonchev–Trinajstić information content (AvgIpc) is 2.42.